The van der Waals surface area contributed by atoms with Crippen molar-refractivity contribution in [1.29, 1.82) is 0 Å². The summed E-state index contributed by atoms with van der Waals surface area (Å²) in [4.78, 5) is 21.9. The molecule has 0 bridgehead atoms. The van der Waals surface area contributed by atoms with Gasteiger partial charge in [-0.3, -0.25) is 14.3 Å². The lowest BCUT2D eigenvalue weighted by Gasteiger charge is -2.11. The zero-order valence-corrected chi connectivity index (χ0v) is 15.3. The first-order valence-electron chi connectivity index (χ1n) is 8.08. The Morgan fingerprint density at radius 2 is 1.73 bits per heavy atom. The van der Waals surface area contributed by atoms with Crippen molar-refractivity contribution < 1.29 is 0 Å². The first-order valence-corrected chi connectivity index (χ1v) is 8.87. The first-order chi connectivity index (χ1) is 12.7. The molecule has 2 heterocycles. The molecule has 0 aliphatic carbocycles. The van der Waals surface area contributed by atoms with Gasteiger partial charge in [-0.1, -0.05) is 34.1 Å². The molecule has 0 N–H and O–H groups in total. The van der Waals surface area contributed by atoms with Gasteiger partial charge in [0.05, 0.1) is 16.6 Å². The fourth-order valence-electron chi connectivity index (χ4n) is 2.75. The molecule has 4 rings (SSSR count). The Labute approximate surface area is 158 Å². The third kappa shape index (κ3) is 3.21. The lowest BCUT2D eigenvalue weighted by atomic mass is 10.2. The highest BCUT2D eigenvalue weighted by Gasteiger charge is 2.10. The predicted octanol–water partition coefficient (Wildman–Crippen LogP) is 4.71. The van der Waals surface area contributed by atoms with Crippen LogP contribution in [0, 0.1) is 0 Å². The van der Waals surface area contributed by atoms with Crippen molar-refractivity contribution in [3.05, 3.63) is 99.3 Å². The number of para-hydroxylation sites is 1. The van der Waals surface area contributed by atoms with Gasteiger partial charge in [0.15, 0.2) is 0 Å². The van der Waals surface area contributed by atoms with E-state index in [1.54, 1.807) is 23.0 Å². The number of nitrogens with zero attached hydrogens (tertiary/aromatic N) is 3. The smallest absolute Gasteiger partial charge is 0.266 e. The second-order valence-corrected chi connectivity index (χ2v) is 6.64. The fourth-order valence-corrected chi connectivity index (χ4v) is 3.01. The minimum Gasteiger partial charge on any atom is -0.268 e. The van der Waals surface area contributed by atoms with Crippen LogP contribution >= 0.6 is 15.9 Å². The molecule has 0 unspecified atom stereocenters. The van der Waals surface area contributed by atoms with Crippen molar-refractivity contribution in [2.24, 2.45) is 0 Å². The number of pyridine rings is 1. The SMILES string of the molecule is O=c1c2ccccc2nc(/C=C\c2cccnc2)n1-c1ccc(Br)cc1. The molecule has 0 atom stereocenters. The van der Waals surface area contributed by atoms with E-state index in [9.17, 15) is 4.79 Å². The van der Waals surface area contributed by atoms with Crippen LogP contribution in [-0.4, -0.2) is 14.5 Å². The number of hydrogen-bond acceptors (Lipinski definition) is 3. The molecule has 0 amide bonds. The van der Waals surface area contributed by atoms with Crippen LogP contribution in [0.1, 0.15) is 11.4 Å². The third-order valence-corrected chi connectivity index (χ3v) is 4.52. The van der Waals surface area contributed by atoms with Crippen molar-refractivity contribution in [2.45, 2.75) is 0 Å². The Hall–Kier alpha value is -3.05. The summed E-state index contributed by atoms with van der Waals surface area (Å²) in [6.45, 7) is 0. The summed E-state index contributed by atoms with van der Waals surface area (Å²) in [6, 6.07) is 18.8. The van der Waals surface area contributed by atoms with E-state index < -0.39 is 0 Å². The summed E-state index contributed by atoms with van der Waals surface area (Å²) in [5, 5.41) is 0.592. The summed E-state index contributed by atoms with van der Waals surface area (Å²) in [7, 11) is 0. The Kier molecular flexibility index (Phi) is 4.46. The van der Waals surface area contributed by atoms with Gasteiger partial charge in [0.1, 0.15) is 5.82 Å². The van der Waals surface area contributed by atoms with Crippen LogP contribution < -0.4 is 5.56 Å². The van der Waals surface area contributed by atoms with E-state index in [1.165, 1.54) is 0 Å². The number of halogens is 1. The van der Waals surface area contributed by atoms with Crippen molar-refractivity contribution in [3.8, 4) is 5.69 Å². The van der Waals surface area contributed by atoms with Crippen LogP contribution in [0.3, 0.4) is 0 Å². The maximum Gasteiger partial charge on any atom is 0.266 e. The van der Waals surface area contributed by atoms with Gasteiger partial charge in [-0.05, 0) is 60.2 Å². The fraction of sp³-hybridized carbons (Fsp3) is 0. The molecule has 0 spiro atoms. The summed E-state index contributed by atoms with van der Waals surface area (Å²) >= 11 is 3.43. The molecular weight excluding hydrogens is 390 g/mol. The molecule has 0 radical (unpaired) electrons. The van der Waals surface area contributed by atoms with Crippen molar-refractivity contribution in [1.82, 2.24) is 14.5 Å². The number of fused-ring (bicyclic) bond motifs is 1. The van der Waals surface area contributed by atoms with Gasteiger partial charge in [-0.25, -0.2) is 4.98 Å². The zero-order chi connectivity index (χ0) is 17.9. The molecule has 2 aromatic heterocycles. The van der Waals surface area contributed by atoms with Crippen LogP contribution in [-0.2, 0) is 0 Å². The van der Waals surface area contributed by atoms with Crippen LogP contribution in [0.15, 0.2) is 82.3 Å². The van der Waals surface area contributed by atoms with Crippen molar-refractivity contribution in [2.75, 3.05) is 0 Å². The van der Waals surface area contributed by atoms with E-state index >= 15 is 0 Å². The average molecular weight is 404 g/mol. The highest BCUT2D eigenvalue weighted by molar-refractivity contribution is 9.10. The monoisotopic (exact) mass is 403 g/mol. The van der Waals surface area contributed by atoms with Gasteiger partial charge >= 0.3 is 0 Å². The third-order valence-electron chi connectivity index (χ3n) is 4.00. The largest absolute Gasteiger partial charge is 0.268 e. The second kappa shape index (κ2) is 7.06. The molecule has 0 saturated carbocycles. The van der Waals surface area contributed by atoms with Gasteiger partial charge in [0.2, 0.25) is 0 Å². The van der Waals surface area contributed by atoms with E-state index in [-0.39, 0.29) is 5.56 Å². The summed E-state index contributed by atoms with van der Waals surface area (Å²) in [5.41, 5.74) is 2.29. The number of hydrogen-bond donors (Lipinski definition) is 0. The maximum absolute atomic E-state index is 13.1. The van der Waals surface area contributed by atoms with Crippen molar-refractivity contribution in [3.63, 3.8) is 0 Å². The molecule has 126 valence electrons. The van der Waals surface area contributed by atoms with E-state index in [2.05, 4.69) is 20.9 Å². The molecular formula is C21H14BrN3O. The van der Waals surface area contributed by atoms with Crippen LogP contribution in [0.2, 0.25) is 0 Å². The Morgan fingerprint density at radius 3 is 2.50 bits per heavy atom. The highest BCUT2D eigenvalue weighted by Crippen LogP contribution is 2.17. The Bertz CT molecular complexity index is 1150. The number of benzene rings is 2. The average Bonchev–Trinajstić information content (AvgIpc) is 2.68. The van der Waals surface area contributed by atoms with E-state index in [0.717, 1.165) is 15.7 Å². The van der Waals surface area contributed by atoms with Gasteiger partial charge in [0.25, 0.3) is 5.56 Å². The quantitative estimate of drug-likeness (QED) is 0.497. The van der Waals surface area contributed by atoms with Crippen LogP contribution in [0.25, 0.3) is 28.7 Å². The van der Waals surface area contributed by atoms with Gasteiger partial charge < -0.3 is 0 Å². The molecule has 0 fully saturated rings. The minimum atomic E-state index is -0.0937. The summed E-state index contributed by atoms with van der Waals surface area (Å²) in [6.07, 6.45) is 7.23. The summed E-state index contributed by atoms with van der Waals surface area (Å²) in [5.74, 6) is 0.569. The van der Waals surface area contributed by atoms with Gasteiger partial charge in [-0.2, -0.15) is 0 Å². The molecule has 0 saturated heterocycles. The zero-order valence-electron chi connectivity index (χ0n) is 13.7. The lowest BCUT2D eigenvalue weighted by Crippen LogP contribution is -2.22. The normalized spacial score (nSPS) is 11.3. The number of aromatic nitrogens is 3. The molecule has 4 nitrogen and oxygen atoms in total. The Morgan fingerprint density at radius 1 is 0.923 bits per heavy atom. The molecule has 4 aromatic rings. The lowest BCUT2D eigenvalue weighted by molar-refractivity contribution is 0.943. The topological polar surface area (TPSA) is 47.8 Å². The van der Waals surface area contributed by atoms with Gasteiger partial charge in [-0.15, -0.1) is 0 Å². The second-order valence-electron chi connectivity index (χ2n) is 5.72. The van der Waals surface area contributed by atoms with Gasteiger partial charge in [0, 0.05) is 16.9 Å². The molecule has 5 heteroatoms. The molecule has 2 aromatic carbocycles. The number of rotatable bonds is 3. The standard InChI is InChI=1S/C21H14BrN3O/c22-16-8-10-17(11-9-16)25-20(12-7-15-4-3-13-23-14-15)24-19-6-2-1-5-18(19)21(25)26/h1-14H/b12-7-. The predicted molar refractivity (Wildman–Crippen MR) is 108 cm³/mol. The molecule has 0 aliphatic rings. The van der Waals surface area contributed by atoms with E-state index in [4.69, 9.17) is 4.98 Å². The van der Waals surface area contributed by atoms with Crippen LogP contribution in [0.5, 0.6) is 0 Å². The minimum absolute atomic E-state index is 0.0937. The van der Waals surface area contributed by atoms with E-state index in [1.807, 2.05) is 66.7 Å². The highest BCUT2D eigenvalue weighted by atomic mass is 79.9. The Balaban J connectivity index is 1.95. The summed E-state index contributed by atoms with van der Waals surface area (Å²) < 4.78 is 2.58. The molecule has 0 aliphatic heterocycles. The van der Waals surface area contributed by atoms with Crippen LogP contribution in [0.4, 0.5) is 0 Å². The first kappa shape index (κ1) is 16.4. The maximum atomic E-state index is 13.1. The molecule has 26 heavy (non-hydrogen) atoms. The van der Waals surface area contributed by atoms with Crippen molar-refractivity contribution >= 4 is 39.0 Å². The van der Waals surface area contributed by atoms with E-state index in [0.29, 0.717) is 16.7 Å².